The summed E-state index contributed by atoms with van der Waals surface area (Å²) in [5.41, 5.74) is 4.46. The van der Waals surface area contributed by atoms with Gasteiger partial charge in [0.2, 0.25) is 0 Å². The van der Waals surface area contributed by atoms with Gasteiger partial charge >= 0.3 is 0 Å². The van der Waals surface area contributed by atoms with Gasteiger partial charge in [0, 0.05) is 10.0 Å². The number of halogens is 1. The first kappa shape index (κ1) is 10.8. The van der Waals surface area contributed by atoms with E-state index in [1.165, 1.54) is 21.9 Å². The van der Waals surface area contributed by atoms with Crippen LogP contribution in [-0.4, -0.2) is 10.9 Å². The van der Waals surface area contributed by atoms with Gasteiger partial charge < -0.3 is 5.21 Å². The predicted octanol–water partition coefficient (Wildman–Crippen LogP) is 3.90. The van der Waals surface area contributed by atoms with Crippen LogP contribution in [0, 0.1) is 0 Å². The lowest BCUT2D eigenvalue weighted by Crippen LogP contribution is -1.99. The normalized spacial score (nSPS) is 14.6. The average Bonchev–Trinajstić information content (AvgIpc) is 2.78. The zero-order chi connectivity index (χ0) is 12.0. The molecule has 3 heteroatoms. The number of rotatable bonds is 1. The second-order valence-corrected chi connectivity index (χ2v) is 5.26. The van der Waals surface area contributed by atoms with E-state index in [9.17, 15) is 0 Å². The molecule has 1 aliphatic carbocycles. The van der Waals surface area contributed by atoms with Crippen LogP contribution in [0.2, 0.25) is 0 Å². The summed E-state index contributed by atoms with van der Waals surface area (Å²) in [5, 5.41) is 14.8. The molecule has 0 radical (unpaired) electrons. The van der Waals surface area contributed by atoms with Gasteiger partial charge in [0.15, 0.2) is 0 Å². The van der Waals surface area contributed by atoms with E-state index in [0.29, 0.717) is 5.71 Å². The molecule has 2 aromatic rings. The summed E-state index contributed by atoms with van der Waals surface area (Å²) in [7, 11) is 0. The minimum Gasteiger partial charge on any atom is -0.411 e. The Morgan fingerprint density at radius 3 is 2.82 bits per heavy atom. The zero-order valence-corrected chi connectivity index (χ0v) is 11.1. The third-order valence-corrected chi connectivity index (χ3v) is 4.20. The monoisotopic (exact) mass is 289 g/mol. The molecule has 1 aliphatic rings. The van der Waals surface area contributed by atoms with Gasteiger partial charge in [0.1, 0.15) is 0 Å². The molecule has 3 rings (SSSR count). The van der Waals surface area contributed by atoms with Crippen LogP contribution in [0.5, 0.6) is 0 Å². The Labute approximate surface area is 108 Å². The van der Waals surface area contributed by atoms with Crippen LogP contribution in [0.25, 0.3) is 10.8 Å². The van der Waals surface area contributed by atoms with Gasteiger partial charge in [0.05, 0.1) is 5.71 Å². The highest BCUT2D eigenvalue weighted by Gasteiger charge is 2.19. The minimum atomic E-state index is 0.690. The fraction of sp³-hybridized carbons (Fsp3) is 0.214. The van der Waals surface area contributed by atoms with Crippen molar-refractivity contribution in [3.63, 3.8) is 0 Å². The third kappa shape index (κ3) is 1.49. The molecule has 2 nitrogen and oxygen atoms in total. The SMILES string of the molecule is C/C(=N/O)c1ccc2c(Br)ccc3c2c1CC3. The van der Waals surface area contributed by atoms with Crippen LogP contribution in [0.1, 0.15) is 23.6 Å². The van der Waals surface area contributed by atoms with Crippen LogP contribution in [0.15, 0.2) is 33.9 Å². The van der Waals surface area contributed by atoms with E-state index in [0.717, 1.165) is 22.9 Å². The Bertz CT molecular complexity index is 646. The summed E-state index contributed by atoms with van der Waals surface area (Å²) in [6, 6.07) is 8.44. The van der Waals surface area contributed by atoms with Gasteiger partial charge in [-0.1, -0.05) is 39.3 Å². The minimum absolute atomic E-state index is 0.690. The van der Waals surface area contributed by atoms with Crippen molar-refractivity contribution in [2.24, 2.45) is 5.16 Å². The Hall–Kier alpha value is -1.35. The van der Waals surface area contributed by atoms with Crippen LogP contribution in [-0.2, 0) is 12.8 Å². The molecule has 0 bridgehead atoms. The van der Waals surface area contributed by atoms with Crippen molar-refractivity contribution in [1.82, 2.24) is 0 Å². The number of hydrogen-bond acceptors (Lipinski definition) is 2. The lowest BCUT2D eigenvalue weighted by Gasteiger charge is -2.09. The van der Waals surface area contributed by atoms with Gasteiger partial charge in [-0.25, -0.2) is 0 Å². The molecular formula is C14H12BrNO. The van der Waals surface area contributed by atoms with E-state index in [2.05, 4.69) is 39.3 Å². The molecular weight excluding hydrogens is 278 g/mol. The van der Waals surface area contributed by atoms with Crippen LogP contribution >= 0.6 is 15.9 Å². The Kier molecular flexibility index (Phi) is 2.44. The van der Waals surface area contributed by atoms with Gasteiger partial charge in [-0.15, -0.1) is 0 Å². The zero-order valence-electron chi connectivity index (χ0n) is 9.50. The van der Waals surface area contributed by atoms with E-state index in [-0.39, 0.29) is 0 Å². The van der Waals surface area contributed by atoms with Crippen molar-refractivity contribution >= 4 is 32.4 Å². The highest BCUT2D eigenvalue weighted by Crippen LogP contribution is 2.37. The van der Waals surface area contributed by atoms with Crippen molar-refractivity contribution in [1.29, 1.82) is 0 Å². The van der Waals surface area contributed by atoms with Gasteiger partial charge in [-0.2, -0.15) is 0 Å². The first-order valence-corrected chi connectivity index (χ1v) is 6.43. The Balaban J connectivity index is 2.42. The molecule has 0 heterocycles. The molecule has 0 aliphatic heterocycles. The lowest BCUT2D eigenvalue weighted by molar-refractivity contribution is 0.319. The first-order valence-electron chi connectivity index (χ1n) is 5.64. The van der Waals surface area contributed by atoms with E-state index in [1.807, 2.05) is 13.0 Å². The molecule has 0 unspecified atom stereocenters. The number of nitrogens with zero attached hydrogens (tertiary/aromatic N) is 1. The highest BCUT2D eigenvalue weighted by atomic mass is 79.9. The van der Waals surface area contributed by atoms with E-state index in [4.69, 9.17) is 5.21 Å². The molecule has 2 aromatic carbocycles. The summed E-state index contributed by atoms with van der Waals surface area (Å²) < 4.78 is 1.13. The maximum Gasteiger partial charge on any atom is 0.0839 e. The predicted molar refractivity (Wildman–Crippen MR) is 73.1 cm³/mol. The summed E-state index contributed by atoms with van der Waals surface area (Å²) in [4.78, 5) is 0. The van der Waals surface area contributed by atoms with Crippen molar-refractivity contribution in [2.45, 2.75) is 19.8 Å². The standard InChI is InChI=1S/C14H12BrNO/c1-8(16-17)10-5-6-12-13(15)7-3-9-2-4-11(10)14(9)12/h3,5-7,17H,2,4H2,1H3/b16-8-. The molecule has 0 amide bonds. The molecule has 0 spiro atoms. The fourth-order valence-electron chi connectivity index (χ4n) is 2.68. The molecule has 0 saturated carbocycles. The van der Waals surface area contributed by atoms with Crippen molar-refractivity contribution in [3.8, 4) is 0 Å². The molecule has 86 valence electrons. The maximum absolute atomic E-state index is 8.93. The summed E-state index contributed by atoms with van der Waals surface area (Å²) in [6.07, 6.45) is 2.11. The first-order chi connectivity index (χ1) is 8.22. The lowest BCUT2D eigenvalue weighted by atomic mass is 9.98. The number of aryl methyl sites for hydroxylation is 2. The van der Waals surface area contributed by atoms with Crippen LogP contribution < -0.4 is 0 Å². The quantitative estimate of drug-likeness (QED) is 0.482. The average molecular weight is 290 g/mol. The topological polar surface area (TPSA) is 32.6 Å². The van der Waals surface area contributed by atoms with E-state index in [1.54, 1.807) is 0 Å². The molecule has 0 aromatic heterocycles. The number of oxime groups is 1. The third-order valence-electron chi connectivity index (χ3n) is 3.51. The number of hydrogen-bond donors (Lipinski definition) is 1. The second kappa shape index (κ2) is 3.84. The van der Waals surface area contributed by atoms with Gasteiger partial charge in [-0.05, 0) is 47.7 Å². The summed E-state index contributed by atoms with van der Waals surface area (Å²) in [5.74, 6) is 0. The van der Waals surface area contributed by atoms with Gasteiger partial charge in [-0.3, -0.25) is 0 Å². The van der Waals surface area contributed by atoms with E-state index < -0.39 is 0 Å². The van der Waals surface area contributed by atoms with E-state index >= 15 is 0 Å². The molecule has 0 saturated heterocycles. The fourth-order valence-corrected chi connectivity index (χ4v) is 3.14. The number of benzene rings is 2. The summed E-state index contributed by atoms with van der Waals surface area (Å²) in [6.45, 7) is 1.84. The molecule has 1 N–H and O–H groups in total. The highest BCUT2D eigenvalue weighted by molar-refractivity contribution is 9.10. The largest absolute Gasteiger partial charge is 0.411 e. The van der Waals surface area contributed by atoms with Crippen LogP contribution in [0.4, 0.5) is 0 Å². The van der Waals surface area contributed by atoms with Crippen molar-refractivity contribution in [3.05, 3.63) is 45.4 Å². The Morgan fingerprint density at radius 1 is 1.24 bits per heavy atom. The second-order valence-electron chi connectivity index (χ2n) is 4.41. The molecule has 0 fully saturated rings. The van der Waals surface area contributed by atoms with Crippen LogP contribution in [0.3, 0.4) is 0 Å². The van der Waals surface area contributed by atoms with Crippen molar-refractivity contribution < 1.29 is 5.21 Å². The van der Waals surface area contributed by atoms with Crippen molar-refractivity contribution in [2.75, 3.05) is 0 Å². The molecule has 0 atom stereocenters. The molecule has 17 heavy (non-hydrogen) atoms. The Morgan fingerprint density at radius 2 is 2.06 bits per heavy atom. The van der Waals surface area contributed by atoms with Gasteiger partial charge in [0.25, 0.3) is 0 Å². The smallest absolute Gasteiger partial charge is 0.0839 e. The maximum atomic E-state index is 8.93. The summed E-state index contributed by atoms with van der Waals surface area (Å²) >= 11 is 3.59.